The molecule has 0 radical (unpaired) electrons. The maximum absolute atomic E-state index is 12.7. The fourth-order valence-electron chi connectivity index (χ4n) is 5.45. The lowest BCUT2D eigenvalue weighted by Crippen LogP contribution is -2.50. The Morgan fingerprint density at radius 1 is 0.719 bits per heavy atom. The average molecular weight is 424 g/mol. The molecule has 0 N–H and O–H groups in total. The fourth-order valence-corrected chi connectivity index (χ4v) is 5.45. The van der Waals surface area contributed by atoms with Gasteiger partial charge in [0.1, 0.15) is 0 Å². The highest BCUT2D eigenvalue weighted by Gasteiger charge is 2.37. The summed E-state index contributed by atoms with van der Waals surface area (Å²) in [5, 5.41) is 0. The van der Waals surface area contributed by atoms with Gasteiger partial charge < -0.3 is 4.90 Å². The fraction of sp³-hybridized carbons (Fsp3) is 0.259. The maximum atomic E-state index is 12.7. The van der Waals surface area contributed by atoms with Crippen molar-refractivity contribution < 1.29 is 9.59 Å². The minimum absolute atomic E-state index is 0.169. The van der Waals surface area contributed by atoms with Gasteiger partial charge in [-0.1, -0.05) is 54.6 Å². The normalized spacial score (nSPS) is 19.8. The first kappa shape index (κ1) is 19.3. The van der Waals surface area contributed by atoms with E-state index in [9.17, 15) is 9.59 Å². The van der Waals surface area contributed by atoms with E-state index in [1.807, 2.05) is 12.1 Å². The van der Waals surface area contributed by atoms with Crippen LogP contribution >= 0.6 is 0 Å². The summed E-state index contributed by atoms with van der Waals surface area (Å²) in [6, 6.07) is 24.9. The Balaban J connectivity index is 1.23. The topological polar surface area (TPSA) is 43.9 Å². The van der Waals surface area contributed by atoms with Crippen molar-refractivity contribution in [3.8, 4) is 0 Å². The number of imide groups is 1. The Bertz CT molecular complexity index is 1190. The molecule has 0 aliphatic carbocycles. The Hall–Kier alpha value is -3.44. The molecule has 0 saturated carbocycles. The van der Waals surface area contributed by atoms with Crippen molar-refractivity contribution in [2.75, 3.05) is 37.6 Å². The SMILES string of the molecule is O=C1c2ccccc2C(=O)N1CCN1CCN2c3ccccc3Cc3ccccc3C2C1. The lowest BCUT2D eigenvalue weighted by molar-refractivity contribution is 0.0631. The van der Waals surface area contributed by atoms with Gasteiger partial charge in [0.05, 0.1) is 17.2 Å². The maximum Gasteiger partial charge on any atom is 0.261 e. The highest BCUT2D eigenvalue weighted by molar-refractivity contribution is 6.21. The molecular weight excluding hydrogens is 398 g/mol. The third-order valence-corrected chi connectivity index (χ3v) is 7.08. The summed E-state index contributed by atoms with van der Waals surface area (Å²) in [4.78, 5) is 31.8. The van der Waals surface area contributed by atoms with E-state index in [1.54, 1.807) is 12.1 Å². The van der Waals surface area contributed by atoms with E-state index >= 15 is 0 Å². The van der Waals surface area contributed by atoms with Gasteiger partial charge in [-0.2, -0.15) is 0 Å². The average Bonchev–Trinajstić information content (AvgIpc) is 2.99. The molecule has 0 aromatic heterocycles. The predicted molar refractivity (Wildman–Crippen MR) is 124 cm³/mol. The van der Waals surface area contributed by atoms with E-state index in [2.05, 4.69) is 58.3 Å². The summed E-state index contributed by atoms with van der Waals surface area (Å²) >= 11 is 0. The third kappa shape index (κ3) is 3.04. The van der Waals surface area contributed by atoms with Crippen LogP contribution in [0, 0.1) is 0 Å². The van der Waals surface area contributed by atoms with E-state index in [0.717, 1.165) is 26.1 Å². The number of carbonyl (C=O) groups excluding carboxylic acids is 2. The number of fused-ring (bicyclic) bond motifs is 6. The second-order valence-electron chi connectivity index (χ2n) is 8.82. The molecule has 2 amide bonds. The zero-order chi connectivity index (χ0) is 21.7. The number of nitrogens with zero attached hydrogens (tertiary/aromatic N) is 3. The van der Waals surface area contributed by atoms with Gasteiger partial charge in [0.15, 0.2) is 0 Å². The lowest BCUT2D eigenvalue weighted by atomic mass is 9.96. The number of rotatable bonds is 3. The summed E-state index contributed by atoms with van der Waals surface area (Å²) in [5.41, 5.74) is 6.52. The molecule has 3 aromatic rings. The van der Waals surface area contributed by atoms with Crippen LogP contribution < -0.4 is 4.90 Å². The molecule has 1 saturated heterocycles. The van der Waals surface area contributed by atoms with Gasteiger partial charge in [0.2, 0.25) is 0 Å². The first-order valence-electron chi connectivity index (χ1n) is 11.3. The highest BCUT2D eigenvalue weighted by atomic mass is 16.2. The third-order valence-electron chi connectivity index (χ3n) is 7.08. The lowest BCUT2D eigenvalue weighted by Gasteiger charge is -2.43. The summed E-state index contributed by atoms with van der Waals surface area (Å²) < 4.78 is 0. The standard InChI is InChI=1S/C27H25N3O2/c31-26-22-10-4-5-11-23(22)27(32)30(26)16-14-28-13-15-29-24-12-6-2-8-20(24)17-19-7-1-3-9-21(19)25(29)18-28/h1-12,25H,13-18H2. The van der Waals surface area contributed by atoms with Crippen molar-refractivity contribution in [1.29, 1.82) is 0 Å². The van der Waals surface area contributed by atoms with E-state index in [-0.39, 0.29) is 17.9 Å². The zero-order valence-electron chi connectivity index (χ0n) is 17.9. The molecule has 1 fully saturated rings. The monoisotopic (exact) mass is 423 g/mol. The molecule has 160 valence electrons. The first-order chi connectivity index (χ1) is 15.7. The van der Waals surface area contributed by atoms with Crippen LogP contribution in [0.15, 0.2) is 72.8 Å². The Morgan fingerprint density at radius 3 is 2.16 bits per heavy atom. The Labute approximate surface area is 187 Å². The van der Waals surface area contributed by atoms with Crippen LogP contribution in [0.2, 0.25) is 0 Å². The van der Waals surface area contributed by atoms with Crippen molar-refractivity contribution in [3.05, 3.63) is 101 Å². The number of hydrogen-bond donors (Lipinski definition) is 0. The van der Waals surface area contributed by atoms with Crippen molar-refractivity contribution in [1.82, 2.24) is 9.80 Å². The quantitative estimate of drug-likeness (QED) is 0.602. The molecule has 3 aliphatic rings. The van der Waals surface area contributed by atoms with Gasteiger partial charge in [-0.05, 0) is 41.3 Å². The Kier molecular flexibility index (Phi) is 4.58. The number of hydrogen-bond acceptors (Lipinski definition) is 4. The minimum Gasteiger partial charge on any atom is -0.362 e. The van der Waals surface area contributed by atoms with Crippen molar-refractivity contribution in [2.24, 2.45) is 0 Å². The Morgan fingerprint density at radius 2 is 1.38 bits per heavy atom. The van der Waals surface area contributed by atoms with Crippen LogP contribution in [0.3, 0.4) is 0 Å². The molecular formula is C27H25N3O2. The number of carbonyl (C=O) groups is 2. The molecule has 3 aliphatic heterocycles. The van der Waals surface area contributed by atoms with Gasteiger partial charge in [0.25, 0.3) is 11.8 Å². The van der Waals surface area contributed by atoms with Gasteiger partial charge >= 0.3 is 0 Å². The molecule has 0 spiro atoms. The number of anilines is 1. The van der Waals surface area contributed by atoms with Crippen LogP contribution in [0.5, 0.6) is 0 Å². The van der Waals surface area contributed by atoms with Gasteiger partial charge in [-0.25, -0.2) is 0 Å². The summed E-state index contributed by atoms with van der Waals surface area (Å²) in [6.45, 7) is 3.85. The van der Waals surface area contributed by atoms with E-state index in [1.165, 1.54) is 27.3 Å². The van der Waals surface area contributed by atoms with Crippen LogP contribution in [-0.2, 0) is 6.42 Å². The molecule has 3 heterocycles. The van der Waals surface area contributed by atoms with Crippen molar-refractivity contribution >= 4 is 17.5 Å². The molecule has 0 bridgehead atoms. The number of amides is 2. The molecule has 5 heteroatoms. The summed E-state index contributed by atoms with van der Waals surface area (Å²) in [7, 11) is 0. The highest BCUT2D eigenvalue weighted by Crippen LogP contribution is 2.39. The molecule has 32 heavy (non-hydrogen) atoms. The van der Waals surface area contributed by atoms with Crippen molar-refractivity contribution in [2.45, 2.75) is 12.5 Å². The van der Waals surface area contributed by atoms with Crippen LogP contribution in [0.25, 0.3) is 0 Å². The largest absolute Gasteiger partial charge is 0.362 e. The van der Waals surface area contributed by atoms with Crippen molar-refractivity contribution in [3.63, 3.8) is 0 Å². The van der Waals surface area contributed by atoms with E-state index < -0.39 is 0 Å². The van der Waals surface area contributed by atoms with E-state index in [0.29, 0.717) is 24.2 Å². The molecule has 3 aromatic carbocycles. The second-order valence-corrected chi connectivity index (χ2v) is 8.82. The molecule has 1 atom stereocenters. The summed E-state index contributed by atoms with van der Waals surface area (Å²) in [5.74, 6) is -0.337. The predicted octanol–water partition coefficient (Wildman–Crippen LogP) is 3.75. The van der Waals surface area contributed by atoms with Gasteiger partial charge in [-0.15, -0.1) is 0 Å². The molecule has 6 rings (SSSR count). The smallest absolute Gasteiger partial charge is 0.261 e. The second kappa shape index (κ2) is 7.61. The van der Waals surface area contributed by atoms with E-state index in [4.69, 9.17) is 0 Å². The molecule has 5 nitrogen and oxygen atoms in total. The van der Waals surface area contributed by atoms with Crippen LogP contribution in [0.1, 0.15) is 43.4 Å². The first-order valence-corrected chi connectivity index (χ1v) is 11.3. The summed E-state index contributed by atoms with van der Waals surface area (Å²) in [6.07, 6.45) is 0.953. The number of piperazine rings is 1. The van der Waals surface area contributed by atoms with Crippen LogP contribution in [0.4, 0.5) is 5.69 Å². The zero-order valence-corrected chi connectivity index (χ0v) is 17.9. The van der Waals surface area contributed by atoms with Gasteiger partial charge in [0, 0.05) is 38.4 Å². The van der Waals surface area contributed by atoms with Gasteiger partial charge in [-0.3, -0.25) is 19.4 Å². The molecule has 1 unspecified atom stereocenters. The number of benzene rings is 3. The minimum atomic E-state index is -0.169. The van der Waals surface area contributed by atoms with Crippen LogP contribution in [-0.4, -0.2) is 54.3 Å². The number of para-hydroxylation sites is 1.